The summed E-state index contributed by atoms with van der Waals surface area (Å²) in [4.78, 5) is 17.2. The van der Waals surface area contributed by atoms with Crippen molar-refractivity contribution in [2.75, 3.05) is 19.4 Å². The molecule has 0 radical (unpaired) electrons. The number of hydrogen-bond acceptors (Lipinski definition) is 4. The van der Waals surface area contributed by atoms with Crippen LogP contribution in [0, 0.1) is 0 Å². The number of carbonyl (C=O) groups is 1. The Morgan fingerprint density at radius 1 is 1.50 bits per heavy atom. The standard InChI is InChI=1S/C11H15NO3S/c1-16-8-9-4-5-10(15-9)11(13)12-6-2-3-7-14-12/h4-5H,2-3,6-8H2,1H3. The smallest absolute Gasteiger partial charge is 0.313 e. The van der Waals surface area contributed by atoms with Crippen LogP contribution < -0.4 is 0 Å². The lowest BCUT2D eigenvalue weighted by molar-refractivity contribution is -0.145. The van der Waals surface area contributed by atoms with E-state index in [1.165, 1.54) is 5.06 Å². The third-order valence-electron chi connectivity index (χ3n) is 2.39. The Morgan fingerprint density at radius 3 is 3.06 bits per heavy atom. The molecule has 1 aliphatic rings. The Morgan fingerprint density at radius 2 is 2.38 bits per heavy atom. The lowest BCUT2D eigenvalue weighted by Crippen LogP contribution is -2.35. The second kappa shape index (κ2) is 5.41. The van der Waals surface area contributed by atoms with Gasteiger partial charge in [-0.25, -0.2) is 5.06 Å². The van der Waals surface area contributed by atoms with Crippen LogP contribution >= 0.6 is 11.8 Å². The van der Waals surface area contributed by atoms with E-state index in [1.54, 1.807) is 17.8 Å². The molecule has 1 fully saturated rings. The zero-order chi connectivity index (χ0) is 11.4. The first-order valence-corrected chi connectivity index (χ1v) is 6.73. The molecule has 1 aromatic rings. The summed E-state index contributed by atoms with van der Waals surface area (Å²) in [6.45, 7) is 1.27. The maximum Gasteiger partial charge on any atom is 0.313 e. The Bertz CT molecular complexity index is 358. The normalized spacial score (nSPS) is 16.4. The highest BCUT2D eigenvalue weighted by Gasteiger charge is 2.22. The highest BCUT2D eigenvalue weighted by Crippen LogP contribution is 2.17. The van der Waals surface area contributed by atoms with Crippen LogP contribution in [-0.4, -0.2) is 30.4 Å². The van der Waals surface area contributed by atoms with Gasteiger partial charge in [-0.05, 0) is 31.2 Å². The molecule has 2 heterocycles. The van der Waals surface area contributed by atoms with Gasteiger partial charge in [0, 0.05) is 6.54 Å². The van der Waals surface area contributed by atoms with Gasteiger partial charge in [-0.2, -0.15) is 11.8 Å². The van der Waals surface area contributed by atoms with E-state index in [0.29, 0.717) is 18.9 Å². The minimum absolute atomic E-state index is 0.174. The van der Waals surface area contributed by atoms with E-state index in [2.05, 4.69) is 0 Å². The molecule has 0 aliphatic carbocycles. The molecule has 16 heavy (non-hydrogen) atoms. The molecule has 0 atom stereocenters. The number of amides is 1. The van der Waals surface area contributed by atoms with Gasteiger partial charge in [0.25, 0.3) is 0 Å². The molecule has 0 saturated carbocycles. The Balaban J connectivity index is 2.01. The highest BCUT2D eigenvalue weighted by molar-refractivity contribution is 7.97. The van der Waals surface area contributed by atoms with Gasteiger partial charge in [0.05, 0.1) is 12.4 Å². The summed E-state index contributed by atoms with van der Waals surface area (Å²) in [6, 6.07) is 3.56. The Hall–Kier alpha value is -0.940. The lowest BCUT2D eigenvalue weighted by Gasteiger charge is -2.24. The van der Waals surface area contributed by atoms with E-state index in [4.69, 9.17) is 9.25 Å². The van der Waals surface area contributed by atoms with Crippen molar-refractivity contribution in [2.24, 2.45) is 0 Å². The molecule has 1 amide bonds. The van der Waals surface area contributed by atoms with Gasteiger partial charge in [-0.15, -0.1) is 0 Å². The van der Waals surface area contributed by atoms with Crippen molar-refractivity contribution in [1.29, 1.82) is 0 Å². The fraction of sp³-hybridized carbons (Fsp3) is 0.545. The van der Waals surface area contributed by atoms with Crippen molar-refractivity contribution in [3.8, 4) is 0 Å². The first-order chi connectivity index (χ1) is 7.81. The molecule has 1 aliphatic heterocycles. The second-order valence-electron chi connectivity index (χ2n) is 3.65. The predicted octanol–water partition coefficient (Wildman–Crippen LogP) is 2.31. The van der Waals surface area contributed by atoms with E-state index < -0.39 is 0 Å². The van der Waals surface area contributed by atoms with Crippen LogP contribution in [0.15, 0.2) is 16.5 Å². The van der Waals surface area contributed by atoms with Crippen LogP contribution in [0.4, 0.5) is 0 Å². The van der Waals surface area contributed by atoms with Gasteiger partial charge < -0.3 is 4.42 Å². The Labute approximate surface area is 98.9 Å². The zero-order valence-electron chi connectivity index (χ0n) is 9.27. The number of thioether (sulfide) groups is 1. The third kappa shape index (κ3) is 2.59. The monoisotopic (exact) mass is 241 g/mol. The lowest BCUT2D eigenvalue weighted by atomic mass is 10.3. The van der Waals surface area contributed by atoms with Crippen LogP contribution in [0.25, 0.3) is 0 Å². The van der Waals surface area contributed by atoms with Crippen LogP contribution in [-0.2, 0) is 10.6 Å². The van der Waals surface area contributed by atoms with Gasteiger partial charge in [0.2, 0.25) is 0 Å². The molecule has 0 spiro atoms. The quantitative estimate of drug-likeness (QED) is 0.814. The van der Waals surface area contributed by atoms with Crippen LogP contribution in [0.2, 0.25) is 0 Å². The van der Waals surface area contributed by atoms with Gasteiger partial charge in [0.1, 0.15) is 5.76 Å². The maximum absolute atomic E-state index is 11.9. The van der Waals surface area contributed by atoms with Crippen molar-refractivity contribution in [1.82, 2.24) is 5.06 Å². The number of carbonyl (C=O) groups excluding carboxylic acids is 1. The zero-order valence-corrected chi connectivity index (χ0v) is 10.1. The molecule has 4 nitrogen and oxygen atoms in total. The van der Waals surface area contributed by atoms with Crippen molar-refractivity contribution in [2.45, 2.75) is 18.6 Å². The minimum Gasteiger partial charge on any atom is -0.455 e. The molecule has 1 saturated heterocycles. The average molecular weight is 241 g/mol. The summed E-state index contributed by atoms with van der Waals surface area (Å²) < 4.78 is 5.45. The van der Waals surface area contributed by atoms with Crippen LogP contribution in [0.1, 0.15) is 29.2 Å². The van der Waals surface area contributed by atoms with Gasteiger partial charge >= 0.3 is 5.91 Å². The fourth-order valence-electron chi connectivity index (χ4n) is 1.59. The largest absolute Gasteiger partial charge is 0.455 e. The van der Waals surface area contributed by atoms with E-state index in [1.807, 2.05) is 12.3 Å². The SMILES string of the molecule is CSCc1ccc(C(=O)N2CCCCO2)o1. The van der Waals surface area contributed by atoms with Crippen molar-refractivity contribution < 1.29 is 14.0 Å². The number of hydroxylamine groups is 2. The molecule has 5 heteroatoms. The second-order valence-corrected chi connectivity index (χ2v) is 4.51. The number of rotatable bonds is 3. The minimum atomic E-state index is -0.174. The summed E-state index contributed by atoms with van der Waals surface area (Å²) >= 11 is 1.67. The summed E-state index contributed by atoms with van der Waals surface area (Å²) in [5, 5.41) is 1.39. The molecule has 1 aromatic heterocycles. The molecule has 2 rings (SSSR count). The third-order valence-corrected chi connectivity index (χ3v) is 2.96. The van der Waals surface area contributed by atoms with Crippen LogP contribution in [0.5, 0.6) is 0 Å². The summed E-state index contributed by atoms with van der Waals surface area (Å²) in [6.07, 6.45) is 4.00. The summed E-state index contributed by atoms with van der Waals surface area (Å²) in [5.41, 5.74) is 0. The number of nitrogens with zero attached hydrogens (tertiary/aromatic N) is 1. The predicted molar refractivity (Wildman–Crippen MR) is 62.1 cm³/mol. The maximum atomic E-state index is 11.9. The molecule has 0 unspecified atom stereocenters. The topological polar surface area (TPSA) is 42.7 Å². The molecule has 0 bridgehead atoms. The average Bonchev–Trinajstić information content (AvgIpc) is 2.78. The summed E-state index contributed by atoms with van der Waals surface area (Å²) in [5.74, 6) is 1.81. The Kier molecular flexibility index (Phi) is 3.90. The van der Waals surface area contributed by atoms with E-state index in [0.717, 1.165) is 24.4 Å². The first-order valence-electron chi connectivity index (χ1n) is 5.33. The van der Waals surface area contributed by atoms with E-state index in [-0.39, 0.29) is 5.91 Å². The molecule has 88 valence electrons. The van der Waals surface area contributed by atoms with Gasteiger partial charge in [0.15, 0.2) is 5.76 Å². The molecule has 0 aromatic carbocycles. The van der Waals surface area contributed by atoms with Crippen molar-refractivity contribution in [3.05, 3.63) is 23.7 Å². The highest BCUT2D eigenvalue weighted by atomic mass is 32.2. The van der Waals surface area contributed by atoms with Crippen molar-refractivity contribution in [3.63, 3.8) is 0 Å². The van der Waals surface area contributed by atoms with Gasteiger partial charge in [-0.3, -0.25) is 9.63 Å². The van der Waals surface area contributed by atoms with E-state index in [9.17, 15) is 4.79 Å². The van der Waals surface area contributed by atoms with E-state index >= 15 is 0 Å². The van der Waals surface area contributed by atoms with Crippen LogP contribution in [0.3, 0.4) is 0 Å². The first kappa shape index (κ1) is 11.5. The van der Waals surface area contributed by atoms with Crippen molar-refractivity contribution >= 4 is 17.7 Å². The van der Waals surface area contributed by atoms with Gasteiger partial charge in [-0.1, -0.05) is 0 Å². The summed E-state index contributed by atoms with van der Waals surface area (Å²) in [7, 11) is 0. The molecular weight excluding hydrogens is 226 g/mol. The number of hydrogen-bond donors (Lipinski definition) is 0. The molecule has 0 N–H and O–H groups in total. The number of furan rings is 1. The fourth-order valence-corrected chi connectivity index (χ4v) is 2.03. The molecular formula is C11H15NO3S.